The van der Waals surface area contributed by atoms with Crippen LogP contribution in [0, 0.1) is 11.3 Å². The summed E-state index contributed by atoms with van der Waals surface area (Å²) in [5, 5.41) is 0. The third-order valence-electron chi connectivity index (χ3n) is 4.14. The molecule has 1 aliphatic carbocycles. The van der Waals surface area contributed by atoms with E-state index >= 15 is 0 Å². The van der Waals surface area contributed by atoms with Crippen molar-refractivity contribution in [2.75, 3.05) is 13.7 Å². The van der Waals surface area contributed by atoms with Gasteiger partial charge in [-0.1, -0.05) is 29.8 Å². The average Bonchev–Trinajstić information content (AvgIpc) is 2.27. The highest BCUT2D eigenvalue weighted by Crippen LogP contribution is 2.43. The minimum absolute atomic E-state index is 0.385. The Hall–Kier alpha value is 0.400. The van der Waals surface area contributed by atoms with Gasteiger partial charge in [0.1, 0.15) is 0 Å². The van der Waals surface area contributed by atoms with Crippen LogP contribution in [0.25, 0.3) is 0 Å². The molecule has 3 atom stereocenters. The van der Waals surface area contributed by atoms with Crippen LogP contribution in [0.4, 0.5) is 0 Å². The van der Waals surface area contributed by atoms with Gasteiger partial charge in [0.2, 0.25) is 0 Å². The third kappa shape index (κ3) is 3.71. The molecule has 0 aromatic heterocycles. The lowest BCUT2D eigenvalue weighted by atomic mass is 9.68. The molecule has 2 nitrogen and oxygen atoms in total. The maximum absolute atomic E-state index is 5.61. The van der Waals surface area contributed by atoms with Gasteiger partial charge in [-0.15, -0.1) is 0 Å². The van der Waals surface area contributed by atoms with Gasteiger partial charge in [0, 0.05) is 11.9 Å². The Morgan fingerprint density at radius 2 is 2.06 bits per heavy atom. The van der Waals surface area contributed by atoms with Gasteiger partial charge in [0.15, 0.2) is 0 Å². The molecule has 0 amide bonds. The zero-order valence-electron chi connectivity index (χ0n) is 10.8. The molecule has 3 heteroatoms. The zero-order valence-corrected chi connectivity index (χ0v) is 12.4. The molecule has 1 saturated carbocycles. The molecule has 1 fully saturated rings. The third-order valence-corrected chi connectivity index (χ3v) is 5.19. The van der Waals surface area contributed by atoms with Crippen LogP contribution in [-0.4, -0.2) is 24.6 Å². The smallest absolute Gasteiger partial charge is 0.0699 e. The SMILES string of the molecule is COC1CC(C(C)(C)CCCN)CCC1Br. The minimum Gasteiger partial charge on any atom is -0.380 e. The van der Waals surface area contributed by atoms with Crippen LogP contribution < -0.4 is 5.73 Å². The molecular weight excluding hydrogens is 266 g/mol. The number of rotatable bonds is 5. The van der Waals surface area contributed by atoms with Crippen LogP contribution in [0.2, 0.25) is 0 Å². The van der Waals surface area contributed by atoms with Crippen LogP contribution in [-0.2, 0) is 4.74 Å². The number of hydrogen-bond acceptors (Lipinski definition) is 2. The largest absolute Gasteiger partial charge is 0.380 e. The van der Waals surface area contributed by atoms with E-state index in [0.29, 0.717) is 16.3 Å². The second-order valence-corrected chi connectivity index (χ2v) is 6.86. The maximum Gasteiger partial charge on any atom is 0.0699 e. The molecule has 0 heterocycles. The van der Waals surface area contributed by atoms with E-state index in [-0.39, 0.29) is 0 Å². The quantitative estimate of drug-likeness (QED) is 0.789. The highest BCUT2D eigenvalue weighted by molar-refractivity contribution is 9.09. The Morgan fingerprint density at radius 1 is 1.38 bits per heavy atom. The molecule has 0 radical (unpaired) electrons. The Morgan fingerprint density at radius 3 is 2.62 bits per heavy atom. The van der Waals surface area contributed by atoms with Gasteiger partial charge in [-0.25, -0.2) is 0 Å². The monoisotopic (exact) mass is 291 g/mol. The van der Waals surface area contributed by atoms with Crippen molar-refractivity contribution in [1.82, 2.24) is 0 Å². The summed E-state index contributed by atoms with van der Waals surface area (Å²) >= 11 is 3.72. The Bertz CT molecular complexity index is 208. The van der Waals surface area contributed by atoms with E-state index in [0.717, 1.165) is 18.9 Å². The molecule has 0 aromatic carbocycles. The molecule has 0 spiro atoms. The van der Waals surface area contributed by atoms with Crippen molar-refractivity contribution in [1.29, 1.82) is 0 Å². The molecule has 96 valence electrons. The van der Waals surface area contributed by atoms with E-state index in [4.69, 9.17) is 10.5 Å². The van der Waals surface area contributed by atoms with Crippen LogP contribution in [0.3, 0.4) is 0 Å². The first-order chi connectivity index (χ1) is 7.51. The number of ether oxygens (including phenoxy) is 1. The fraction of sp³-hybridized carbons (Fsp3) is 1.00. The molecule has 0 aliphatic heterocycles. The Balaban J connectivity index is 2.53. The summed E-state index contributed by atoms with van der Waals surface area (Å²) in [5.74, 6) is 0.776. The second kappa shape index (κ2) is 6.36. The summed E-state index contributed by atoms with van der Waals surface area (Å²) in [5.41, 5.74) is 6.01. The number of hydrogen-bond donors (Lipinski definition) is 1. The van der Waals surface area contributed by atoms with Gasteiger partial charge < -0.3 is 10.5 Å². The summed E-state index contributed by atoms with van der Waals surface area (Å²) in [7, 11) is 1.83. The average molecular weight is 292 g/mol. The molecule has 0 aromatic rings. The van der Waals surface area contributed by atoms with Crippen LogP contribution >= 0.6 is 15.9 Å². The van der Waals surface area contributed by atoms with Crippen LogP contribution in [0.15, 0.2) is 0 Å². The standard InChI is InChI=1S/C13H26BrNO/c1-13(2,7-4-8-15)10-5-6-11(14)12(9-10)16-3/h10-12H,4-9,15H2,1-3H3. The molecule has 1 rings (SSSR count). The predicted octanol–water partition coefficient (Wildman–Crippen LogP) is 3.33. The fourth-order valence-electron chi connectivity index (χ4n) is 2.81. The normalized spacial score (nSPS) is 31.7. The summed E-state index contributed by atoms with van der Waals surface area (Å²) in [4.78, 5) is 0.541. The first kappa shape index (κ1) is 14.5. The van der Waals surface area contributed by atoms with Crippen LogP contribution in [0.1, 0.15) is 46.0 Å². The number of nitrogens with two attached hydrogens (primary N) is 1. The Labute approximate surface area is 108 Å². The van der Waals surface area contributed by atoms with Gasteiger partial charge in [0.25, 0.3) is 0 Å². The van der Waals surface area contributed by atoms with Crippen molar-refractivity contribution in [3.8, 4) is 0 Å². The van der Waals surface area contributed by atoms with Gasteiger partial charge in [-0.2, -0.15) is 0 Å². The van der Waals surface area contributed by atoms with Crippen molar-refractivity contribution in [2.45, 2.75) is 56.9 Å². The number of halogens is 1. The van der Waals surface area contributed by atoms with E-state index in [1.54, 1.807) is 0 Å². The van der Waals surface area contributed by atoms with E-state index in [1.165, 1.54) is 25.7 Å². The summed E-state index contributed by atoms with van der Waals surface area (Å²) in [6.45, 7) is 5.58. The van der Waals surface area contributed by atoms with Crippen molar-refractivity contribution >= 4 is 15.9 Å². The lowest BCUT2D eigenvalue weighted by molar-refractivity contribution is 0.0217. The first-order valence-electron chi connectivity index (χ1n) is 6.38. The minimum atomic E-state index is 0.385. The molecule has 16 heavy (non-hydrogen) atoms. The highest BCUT2D eigenvalue weighted by Gasteiger charge is 2.36. The zero-order chi connectivity index (χ0) is 12.2. The van der Waals surface area contributed by atoms with Crippen molar-refractivity contribution in [3.05, 3.63) is 0 Å². The van der Waals surface area contributed by atoms with Gasteiger partial charge in [-0.3, -0.25) is 0 Å². The van der Waals surface area contributed by atoms with E-state index < -0.39 is 0 Å². The van der Waals surface area contributed by atoms with Crippen molar-refractivity contribution in [2.24, 2.45) is 17.1 Å². The molecule has 3 unspecified atom stereocenters. The summed E-state index contributed by atoms with van der Waals surface area (Å²) in [6.07, 6.45) is 6.49. The number of alkyl halides is 1. The molecule has 0 saturated heterocycles. The van der Waals surface area contributed by atoms with Gasteiger partial charge >= 0.3 is 0 Å². The molecule has 0 bridgehead atoms. The molecule has 2 N–H and O–H groups in total. The Kier molecular flexibility index (Phi) is 5.75. The first-order valence-corrected chi connectivity index (χ1v) is 7.29. The summed E-state index contributed by atoms with van der Waals surface area (Å²) < 4.78 is 5.56. The van der Waals surface area contributed by atoms with Crippen molar-refractivity contribution in [3.63, 3.8) is 0 Å². The molecular formula is C13H26BrNO. The number of methoxy groups -OCH3 is 1. The molecule has 1 aliphatic rings. The summed E-state index contributed by atoms with van der Waals surface area (Å²) in [6, 6.07) is 0. The van der Waals surface area contributed by atoms with E-state index in [9.17, 15) is 0 Å². The predicted molar refractivity (Wildman–Crippen MR) is 72.9 cm³/mol. The topological polar surface area (TPSA) is 35.2 Å². The highest BCUT2D eigenvalue weighted by atomic mass is 79.9. The lowest BCUT2D eigenvalue weighted by Gasteiger charge is -2.41. The lowest BCUT2D eigenvalue weighted by Crippen LogP contribution is -2.37. The van der Waals surface area contributed by atoms with Gasteiger partial charge in [-0.05, 0) is 50.0 Å². The fourth-order valence-corrected chi connectivity index (χ4v) is 3.50. The van der Waals surface area contributed by atoms with Gasteiger partial charge in [0.05, 0.1) is 6.10 Å². The maximum atomic E-state index is 5.61. The van der Waals surface area contributed by atoms with E-state index in [2.05, 4.69) is 29.8 Å². The second-order valence-electron chi connectivity index (χ2n) is 5.68. The van der Waals surface area contributed by atoms with Crippen LogP contribution in [0.5, 0.6) is 0 Å². The van der Waals surface area contributed by atoms with Crippen molar-refractivity contribution < 1.29 is 4.74 Å². The van der Waals surface area contributed by atoms with E-state index in [1.807, 2.05) is 7.11 Å².